The van der Waals surface area contributed by atoms with Crippen molar-refractivity contribution in [1.82, 2.24) is 14.7 Å². The number of fused-ring (bicyclic) bond motifs is 1. The Morgan fingerprint density at radius 3 is 2.52 bits per heavy atom. The SMILES string of the molecule is COc1ccc(NC(=O)c2nc(C(=O)NCC(C)C)c3ccccn23)cc1. The second kappa shape index (κ2) is 7.90. The molecule has 2 heterocycles. The maximum atomic E-state index is 12.7. The van der Waals surface area contributed by atoms with E-state index >= 15 is 0 Å². The quantitative estimate of drug-likeness (QED) is 0.702. The highest BCUT2D eigenvalue weighted by molar-refractivity contribution is 6.06. The molecular weight excluding hydrogens is 344 g/mol. The minimum Gasteiger partial charge on any atom is -0.497 e. The van der Waals surface area contributed by atoms with Gasteiger partial charge in [-0.1, -0.05) is 19.9 Å². The molecule has 0 atom stereocenters. The highest BCUT2D eigenvalue weighted by Gasteiger charge is 2.21. The van der Waals surface area contributed by atoms with E-state index in [4.69, 9.17) is 4.74 Å². The van der Waals surface area contributed by atoms with Crippen molar-refractivity contribution in [1.29, 1.82) is 0 Å². The number of imidazole rings is 1. The molecule has 0 bridgehead atoms. The second-order valence-electron chi connectivity index (χ2n) is 6.53. The molecule has 3 rings (SSSR count). The molecule has 0 aliphatic rings. The van der Waals surface area contributed by atoms with Crippen molar-refractivity contribution in [2.75, 3.05) is 19.0 Å². The van der Waals surface area contributed by atoms with Crippen molar-refractivity contribution < 1.29 is 14.3 Å². The van der Waals surface area contributed by atoms with Crippen LogP contribution in [-0.2, 0) is 0 Å². The number of ether oxygens (including phenoxy) is 1. The van der Waals surface area contributed by atoms with E-state index in [1.54, 1.807) is 60.2 Å². The molecule has 7 nitrogen and oxygen atoms in total. The first-order valence-corrected chi connectivity index (χ1v) is 8.70. The summed E-state index contributed by atoms with van der Waals surface area (Å²) >= 11 is 0. The molecule has 0 spiro atoms. The van der Waals surface area contributed by atoms with Crippen LogP contribution in [0.2, 0.25) is 0 Å². The van der Waals surface area contributed by atoms with Crippen molar-refractivity contribution in [3.8, 4) is 5.75 Å². The molecule has 7 heteroatoms. The van der Waals surface area contributed by atoms with Gasteiger partial charge in [0.2, 0.25) is 5.82 Å². The lowest BCUT2D eigenvalue weighted by molar-refractivity contribution is 0.0946. The number of rotatable bonds is 6. The lowest BCUT2D eigenvalue weighted by Gasteiger charge is -2.05. The summed E-state index contributed by atoms with van der Waals surface area (Å²) in [6, 6.07) is 12.3. The van der Waals surface area contributed by atoms with Gasteiger partial charge in [-0.3, -0.25) is 14.0 Å². The van der Waals surface area contributed by atoms with E-state index in [1.165, 1.54) is 0 Å². The fourth-order valence-electron chi connectivity index (χ4n) is 2.61. The van der Waals surface area contributed by atoms with Crippen molar-refractivity contribution in [3.63, 3.8) is 0 Å². The van der Waals surface area contributed by atoms with E-state index in [-0.39, 0.29) is 17.4 Å². The highest BCUT2D eigenvalue weighted by Crippen LogP contribution is 2.18. The molecule has 3 aromatic rings. The van der Waals surface area contributed by atoms with Crippen LogP contribution in [-0.4, -0.2) is 34.9 Å². The number of nitrogens with zero attached hydrogens (tertiary/aromatic N) is 2. The first kappa shape index (κ1) is 18.4. The summed E-state index contributed by atoms with van der Waals surface area (Å²) in [4.78, 5) is 29.5. The monoisotopic (exact) mass is 366 g/mol. The summed E-state index contributed by atoms with van der Waals surface area (Å²) < 4.78 is 6.73. The van der Waals surface area contributed by atoms with Crippen LogP contribution >= 0.6 is 0 Å². The number of benzene rings is 1. The third-order valence-corrected chi connectivity index (χ3v) is 3.99. The minimum absolute atomic E-state index is 0.149. The van der Waals surface area contributed by atoms with Gasteiger partial charge < -0.3 is 15.4 Å². The number of pyridine rings is 1. The second-order valence-corrected chi connectivity index (χ2v) is 6.53. The fourth-order valence-corrected chi connectivity index (χ4v) is 2.61. The van der Waals surface area contributed by atoms with Crippen LogP contribution in [0.5, 0.6) is 5.75 Å². The number of methoxy groups -OCH3 is 1. The van der Waals surface area contributed by atoms with Crippen LogP contribution in [0.1, 0.15) is 35.0 Å². The molecule has 2 aromatic heterocycles. The van der Waals surface area contributed by atoms with Gasteiger partial charge >= 0.3 is 0 Å². The maximum Gasteiger partial charge on any atom is 0.292 e. The Balaban J connectivity index is 1.89. The number of amides is 2. The summed E-state index contributed by atoms with van der Waals surface area (Å²) in [5.41, 5.74) is 1.43. The van der Waals surface area contributed by atoms with Gasteiger partial charge in [0, 0.05) is 18.4 Å². The molecule has 140 valence electrons. The molecule has 0 radical (unpaired) electrons. The molecule has 0 saturated carbocycles. The molecule has 0 aliphatic carbocycles. The average molecular weight is 366 g/mol. The number of anilines is 1. The van der Waals surface area contributed by atoms with Gasteiger partial charge in [-0.2, -0.15) is 0 Å². The summed E-state index contributed by atoms with van der Waals surface area (Å²) in [5.74, 6) is 0.473. The predicted molar refractivity (Wildman–Crippen MR) is 103 cm³/mol. The van der Waals surface area contributed by atoms with Gasteiger partial charge in [-0.05, 0) is 42.3 Å². The number of hydrogen-bond donors (Lipinski definition) is 2. The lowest BCUT2D eigenvalue weighted by atomic mass is 10.2. The lowest BCUT2D eigenvalue weighted by Crippen LogP contribution is -2.27. The third-order valence-electron chi connectivity index (χ3n) is 3.99. The zero-order valence-electron chi connectivity index (χ0n) is 15.5. The van der Waals surface area contributed by atoms with Crippen molar-refractivity contribution >= 4 is 23.0 Å². The Morgan fingerprint density at radius 1 is 1.11 bits per heavy atom. The highest BCUT2D eigenvalue weighted by atomic mass is 16.5. The van der Waals surface area contributed by atoms with Crippen LogP contribution in [0.25, 0.3) is 5.52 Å². The van der Waals surface area contributed by atoms with Gasteiger partial charge in [-0.15, -0.1) is 0 Å². The van der Waals surface area contributed by atoms with Crippen LogP contribution in [0.15, 0.2) is 48.7 Å². The summed E-state index contributed by atoms with van der Waals surface area (Å²) in [5, 5.41) is 5.64. The normalized spacial score (nSPS) is 10.8. The zero-order chi connectivity index (χ0) is 19.4. The number of carbonyl (C=O) groups excluding carboxylic acids is 2. The average Bonchev–Trinajstić information content (AvgIpc) is 3.06. The Bertz CT molecular complexity index is 961. The molecule has 2 amide bonds. The van der Waals surface area contributed by atoms with E-state index < -0.39 is 5.91 Å². The Morgan fingerprint density at radius 2 is 1.85 bits per heavy atom. The van der Waals surface area contributed by atoms with Crippen LogP contribution in [0.4, 0.5) is 5.69 Å². The molecule has 0 saturated heterocycles. The van der Waals surface area contributed by atoms with E-state index in [0.717, 1.165) is 0 Å². The van der Waals surface area contributed by atoms with E-state index in [2.05, 4.69) is 15.6 Å². The Kier molecular flexibility index (Phi) is 5.40. The topological polar surface area (TPSA) is 84.7 Å². The smallest absolute Gasteiger partial charge is 0.292 e. The van der Waals surface area contributed by atoms with E-state index in [9.17, 15) is 9.59 Å². The first-order valence-electron chi connectivity index (χ1n) is 8.70. The van der Waals surface area contributed by atoms with E-state index in [1.807, 2.05) is 13.8 Å². The largest absolute Gasteiger partial charge is 0.497 e. The number of hydrogen-bond acceptors (Lipinski definition) is 4. The van der Waals surface area contributed by atoms with Crippen LogP contribution in [0, 0.1) is 5.92 Å². The number of nitrogens with one attached hydrogen (secondary N) is 2. The van der Waals surface area contributed by atoms with E-state index in [0.29, 0.717) is 29.4 Å². The summed E-state index contributed by atoms with van der Waals surface area (Å²) in [6.45, 7) is 4.57. The minimum atomic E-state index is -0.399. The first-order chi connectivity index (χ1) is 13.0. The van der Waals surface area contributed by atoms with Gasteiger partial charge in [0.15, 0.2) is 5.69 Å². The zero-order valence-corrected chi connectivity index (χ0v) is 15.5. The van der Waals surface area contributed by atoms with Gasteiger partial charge in [-0.25, -0.2) is 4.98 Å². The van der Waals surface area contributed by atoms with Crippen LogP contribution in [0.3, 0.4) is 0 Å². The van der Waals surface area contributed by atoms with Gasteiger partial charge in [0.1, 0.15) is 5.75 Å². The predicted octanol–water partition coefficient (Wildman–Crippen LogP) is 2.98. The Hall–Kier alpha value is -3.35. The van der Waals surface area contributed by atoms with Crippen LogP contribution < -0.4 is 15.4 Å². The van der Waals surface area contributed by atoms with Crippen molar-refractivity contribution in [3.05, 3.63) is 60.2 Å². The molecule has 27 heavy (non-hydrogen) atoms. The maximum absolute atomic E-state index is 12.7. The summed E-state index contributed by atoms with van der Waals surface area (Å²) in [7, 11) is 1.58. The number of carbonyl (C=O) groups is 2. The standard InChI is InChI=1S/C20H22N4O3/c1-13(2)12-21-19(25)17-16-6-4-5-11-24(16)18(23-17)20(26)22-14-7-9-15(27-3)10-8-14/h4-11,13H,12H2,1-3H3,(H,21,25)(H,22,26). The third kappa shape index (κ3) is 4.08. The van der Waals surface area contributed by atoms with Gasteiger partial charge in [0.25, 0.3) is 11.8 Å². The molecular formula is C20H22N4O3. The molecule has 1 aromatic carbocycles. The van der Waals surface area contributed by atoms with Crippen molar-refractivity contribution in [2.45, 2.75) is 13.8 Å². The molecule has 2 N–H and O–H groups in total. The fraction of sp³-hybridized carbons (Fsp3) is 0.250. The van der Waals surface area contributed by atoms with Gasteiger partial charge in [0.05, 0.1) is 12.6 Å². The Labute approximate surface area is 157 Å². The molecule has 0 aliphatic heterocycles. The molecule has 0 fully saturated rings. The summed E-state index contributed by atoms with van der Waals surface area (Å²) in [6.07, 6.45) is 1.71. The number of aromatic nitrogens is 2. The molecule has 0 unspecified atom stereocenters. The van der Waals surface area contributed by atoms with Crippen molar-refractivity contribution in [2.24, 2.45) is 5.92 Å².